The van der Waals surface area contributed by atoms with E-state index in [1.165, 1.54) is 6.42 Å². The van der Waals surface area contributed by atoms with Crippen molar-refractivity contribution in [2.45, 2.75) is 59.5 Å². The molecule has 0 amide bonds. The predicted molar refractivity (Wildman–Crippen MR) is 53.0 cm³/mol. The van der Waals surface area contributed by atoms with Gasteiger partial charge in [0, 0.05) is 0 Å². The molecule has 1 unspecified atom stereocenters. The second-order valence-electron chi connectivity index (χ2n) is 4.55. The van der Waals surface area contributed by atoms with Crippen molar-refractivity contribution in [3.05, 3.63) is 0 Å². The smallest absolute Gasteiger partial charge is 0.100 e. The normalized spacial score (nSPS) is 14.2. The van der Waals surface area contributed by atoms with E-state index in [9.17, 15) is 4.39 Å². The second-order valence-corrected chi connectivity index (χ2v) is 4.55. The lowest BCUT2D eigenvalue weighted by molar-refractivity contribution is 0.257. The summed E-state index contributed by atoms with van der Waals surface area (Å²) in [4.78, 5) is 0. The molecule has 0 aromatic heterocycles. The summed E-state index contributed by atoms with van der Waals surface area (Å²) in [7, 11) is 0. The Morgan fingerprint density at radius 1 is 0.917 bits per heavy atom. The molecule has 0 saturated heterocycles. The Morgan fingerprint density at radius 2 is 1.50 bits per heavy atom. The molecule has 0 fully saturated rings. The van der Waals surface area contributed by atoms with Crippen LogP contribution in [0.4, 0.5) is 4.39 Å². The first-order valence-corrected chi connectivity index (χ1v) is 5.16. The first-order valence-electron chi connectivity index (χ1n) is 5.16. The summed E-state index contributed by atoms with van der Waals surface area (Å²) in [5.74, 6) is 1.22. The van der Waals surface area contributed by atoms with Crippen LogP contribution < -0.4 is 0 Å². The summed E-state index contributed by atoms with van der Waals surface area (Å²) in [6.07, 6.45) is 3.14. The van der Waals surface area contributed by atoms with Crippen molar-refractivity contribution in [1.29, 1.82) is 0 Å². The van der Waals surface area contributed by atoms with Gasteiger partial charge in [-0.3, -0.25) is 0 Å². The zero-order chi connectivity index (χ0) is 9.56. The van der Waals surface area contributed by atoms with Gasteiger partial charge in [-0.15, -0.1) is 0 Å². The Morgan fingerprint density at radius 3 is 1.92 bits per heavy atom. The Labute approximate surface area is 76.6 Å². The minimum atomic E-state index is -0.566. The molecular weight excluding hydrogens is 151 g/mol. The summed E-state index contributed by atoms with van der Waals surface area (Å²) in [6, 6.07) is 0. The van der Waals surface area contributed by atoms with E-state index in [0.717, 1.165) is 25.2 Å². The highest BCUT2D eigenvalue weighted by Crippen LogP contribution is 2.16. The van der Waals surface area contributed by atoms with Gasteiger partial charge in [0.15, 0.2) is 0 Å². The van der Waals surface area contributed by atoms with Crippen LogP contribution in [-0.4, -0.2) is 6.17 Å². The van der Waals surface area contributed by atoms with Crippen LogP contribution in [0.3, 0.4) is 0 Å². The molecule has 0 aliphatic heterocycles. The van der Waals surface area contributed by atoms with Crippen molar-refractivity contribution in [1.82, 2.24) is 0 Å². The van der Waals surface area contributed by atoms with Gasteiger partial charge in [0.2, 0.25) is 0 Å². The van der Waals surface area contributed by atoms with Crippen LogP contribution in [0.2, 0.25) is 0 Å². The molecule has 0 aromatic rings. The standard InChI is InChI=1S/C11H23F/c1-9(2)6-5-7-11(12)8-10(3)4/h9-11H,5-8H2,1-4H3. The van der Waals surface area contributed by atoms with Crippen molar-refractivity contribution in [3.8, 4) is 0 Å². The molecule has 0 bridgehead atoms. The molecule has 0 heterocycles. The molecule has 0 aliphatic carbocycles. The fourth-order valence-corrected chi connectivity index (χ4v) is 1.38. The van der Waals surface area contributed by atoms with E-state index >= 15 is 0 Å². The SMILES string of the molecule is CC(C)CCCC(F)CC(C)C. The Balaban J connectivity index is 3.25. The lowest BCUT2D eigenvalue weighted by Gasteiger charge is -2.11. The first-order chi connectivity index (χ1) is 5.52. The van der Waals surface area contributed by atoms with Crippen molar-refractivity contribution in [2.24, 2.45) is 11.8 Å². The second kappa shape index (κ2) is 6.45. The number of alkyl halides is 1. The zero-order valence-corrected chi connectivity index (χ0v) is 8.94. The lowest BCUT2D eigenvalue weighted by atomic mass is 10.00. The fraction of sp³-hybridized carbons (Fsp3) is 1.00. The summed E-state index contributed by atoms with van der Waals surface area (Å²) in [6.45, 7) is 8.54. The van der Waals surface area contributed by atoms with Gasteiger partial charge in [0.1, 0.15) is 6.17 Å². The van der Waals surface area contributed by atoms with Gasteiger partial charge in [0.05, 0.1) is 0 Å². The van der Waals surface area contributed by atoms with Gasteiger partial charge >= 0.3 is 0 Å². The van der Waals surface area contributed by atoms with Crippen molar-refractivity contribution in [3.63, 3.8) is 0 Å². The van der Waals surface area contributed by atoms with Crippen LogP contribution in [0, 0.1) is 11.8 Å². The van der Waals surface area contributed by atoms with E-state index in [0.29, 0.717) is 5.92 Å². The van der Waals surface area contributed by atoms with E-state index in [1.54, 1.807) is 0 Å². The third kappa shape index (κ3) is 8.03. The highest BCUT2D eigenvalue weighted by Gasteiger charge is 2.08. The van der Waals surface area contributed by atoms with E-state index in [-0.39, 0.29) is 0 Å². The molecule has 0 aromatic carbocycles. The minimum Gasteiger partial charge on any atom is -0.247 e. The first kappa shape index (κ1) is 11.9. The maximum atomic E-state index is 13.1. The Hall–Kier alpha value is -0.0700. The molecule has 74 valence electrons. The Kier molecular flexibility index (Phi) is 6.41. The average Bonchev–Trinajstić information content (AvgIpc) is 1.84. The number of hydrogen-bond donors (Lipinski definition) is 0. The minimum absolute atomic E-state index is 0.499. The highest BCUT2D eigenvalue weighted by molar-refractivity contribution is 4.59. The molecule has 0 saturated carbocycles. The van der Waals surface area contributed by atoms with Gasteiger partial charge in [-0.2, -0.15) is 0 Å². The molecule has 1 heteroatoms. The number of hydrogen-bond acceptors (Lipinski definition) is 0. The zero-order valence-electron chi connectivity index (χ0n) is 8.94. The maximum absolute atomic E-state index is 13.1. The van der Waals surface area contributed by atoms with Crippen LogP contribution in [0.1, 0.15) is 53.4 Å². The molecule has 0 radical (unpaired) electrons. The van der Waals surface area contributed by atoms with E-state index in [4.69, 9.17) is 0 Å². The topological polar surface area (TPSA) is 0 Å². The third-order valence-electron chi connectivity index (χ3n) is 2.03. The highest BCUT2D eigenvalue weighted by atomic mass is 19.1. The van der Waals surface area contributed by atoms with Gasteiger partial charge in [-0.05, 0) is 24.7 Å². The van der Waals surface area contributed by atoms with Crippen molar-refractivity contribution >= 4 is 0 Å². The molecule has 0 N–H and O–H groups in total. The van der Waals surface area contributed by atoms with Crippen molar-refractivity contribution in [2.75, 3.05) is 0 Å². The van der Waals surface area contributed by atoms with E-state index in [2.05, 4.69) is 27.7 Å². The number of halogens is 1. The van der Waals surface area contributed by atoms with Crippen molar-refractivity contribution < 1.29 is 4.39 Å². The predicted octanol–water partition coefficient (Wildman–Crippen LogP) is 4.20. The van der Waals surface area contributed by atoms with Crippen LogP contribution in [0.25, 0.3) is 0 Å². The summed E-state index contributed by atoms with van der Waals surface area (Å²) < 4.78 is 13.1. The molecular formula is C11H23F. The van der Waals surface area contributed by atoms with Gasteiger partial charge in [-0.1, -0.05) is 40.5 Å². The molecule has 0 rings (SSSR count). The molecule has 1 atom stereocenters. The number of rotatable bonds is 6. The molecule has 0 nitrogen and oxygen atoms in total. The average molecular weight is 174 g/mol. The quantitative estimate of drug-likeness (QED) is 0.566. The largest absolute Gasteiger partial charge is 0.247 e. The molecule has 0 spiro atoms. The molecule has 0 aliphatic rings. The summed E-state index contributed by atoms with van der Waals surface area (Å²) in [5.41, 5.74) is 0. The van der Waals surface area contributed by atoms with Gasteiger partial charge in [-0.25, -0.2) is 4.39 Å². The van der Waals surface area contributed by atoms with E-state index < -0.39 is 6.17 Å². The van der Waals surface area contributed by atoms with Crippen LogP contribution in [0.15, 0.2) is 0 Å². The van der Waals surface area contributed by atoms with E-state index in [1.807, 2.05) is 0 Å². The fourth-order valence-electron chi connectivity index (χ4n) is 1.38. The van der Waals surface area contributed by atoms with Crippen LogP contribution in [0.5, 0.6) is 0 Å². The summed E-state index contributed by atoms with van der Waals surface area (Å²) >= 11 is 0. The maximum Gasteiger partial charge on any atom is 0.100 e. The van der Waals surface area contributed by atoms with Gasteiger partial charge in [0.25, 0.3) is 0 Å². The van der Waals surface area contributed by atoms with Gasteiger partial charge < -0.3 is 0 Å². The van der Waals surface area contributed by atoms with Crippen LogP contribution in [-0.2, 0) is 0 Å². The summed E-state index contributed by atoms with van der Waals surface area (Å²) in [5, 5.41) is 0. The van der Waals surface area contributed by atoms with Crippen LogP contribution >= 0.6 is 0 Å². The molecule has 12 heavy (non-hydrogen) atoms. The lowest BCUT2D eigenvalue weighted by Crippen LogP contribution is -2.05. The third-order valence-corrected chi connectivity index (χ3v) is 2.03. The monoisotopic (exact) mass is 174 g/mol. The Bertz CT molecular complexity index is 97.2.